The lowest BCUT2D eigenvalue weighted by molar-refractivity contribution is -0.119. The van der Waals surface area contributed by atoms with Crippen molar-refractivity contribution in [3.05, 3.63) is 30.3 Å². The van der Waals surface area contributed by atoms with Crippen LogP contribution in [0.3, 0.4) is 0 Å². The van der Waals surface area contributed by atoms with E-state index in [1.54, 1.807) is 0 Å². The first-order valence-corrected chi connectivity index (χ1v) is 5.03. The van der Waals surface area contributed by atoms with Crippen LogP contribution in [-0.4, -0.2) is 32.6 Å². The van der Waals surface area contributed by atoms with E-state index in [1.807, 2.05) is 37.4 Å². The molecule has 1 rings (SSSR count). The van der Waals surface area contributed by atoms with Crippen molar-refractivity contribution in [1.82, 2.24) is 10.6 Å². The maximum Gasteiger partial charge on any atom is 0.239 e. The zero-order valence-corrected chi connectivity index (χ0v) is 8.92. The molecular weight excluding hydrogens is 190 g/mol. The summed E-state index contributed by atoms with van der Waals surface area (Å²) in [5.41, 5.74) is 0.960. The summed E-state index contributed by atoms with van der Waals surface area (Å²) in [6.07, 6.45) is 0. The third-order valence-electron chi connectivity index (χ3n) is 1.92. The van der Waals surface area contributed by atoms with Crippen molar-refractivity contribution < 1.29 is 4.79 Å². The molecule has 0 spiro atoms. The highest BCUT2D eigenvalue weighted by Gasteiger charge is 1.98. The van der Waals surface area contributed by atoms with Gasteiger partial charge in [0.25, 0.3) is 0 Å². The summed E-state index contributed by atoms with van der Waals surface area (Å²) in [7, 11) is 1.86. The fraction of sp³-hybridized carbons (Fsp3) is 0.364. The van der Waals surface area contributed by atoms with Crippen LogP contribution in [0.4, 0.5) is 5.69 Å². The molecule has 4 nitrogen and oxygen atoms in total. The van der Waals surface area contributed by atoms with E-state index in [1.165, 1.54) is 0 Å². The quantitative estimate of drug-likeness (QED) is 0.593. The number of para-hydroxylation sites is 1. The van der Waals surface area contributed by atoms with E-state index >= 15 is 0 Å². The molecule has 0 saturated heterocycles. The number of rotatable bonds is 6. The lowest BCUT2D eigenvalue weighted by Crippen LogP contribution is -2.34. The largest absolute Gasteiger partial charge is 0.376 e. The first kappa shape index (κ1) is 11.5. The molecule has 0 saturated carbocycles. The molecule has 0 unspecified atom stereocenters. The Morgan fingerprint density at radius 2 is 1.93 bits per heavy atom. The molecule has 3 N–H and O–H groups in total. The van der Waals surface area contributed by atoms with E-state index in [4.69, 9.17) is 0 Å². The van der Waals surface area contributed by atoms with Crippen LogP contribution in [-0.2, 0) is 4.79 Å². The van der Waals surface area contributed by atoms with Gasteiger partial charge in [0, 0.05) is 18.8 Å². The minimum absolute atomic E-state index is 0.00843. The number of amides is 1. The van der Waals surface area contributed by atoms with Gasteiger partial charge in [-0.15, -0.1) is 0 Å². The first-order valence-electron chi connectivity index (χ1n) is 5.03. The first-order chi connectivity index (χ1) is 7.33. The number of benzene rings is 1. The Kier molecular flexibility index (Phi) is 5.25. The SMILES string of the molecule is CNCCNC(=O)CNc1ccccc1. The lowest BCUT2D eigenvalue weighted by atomic mass is 10.3. The normalized spacial score (nSPS) is 9.67. The fourth-order valence-electron chi connectivity index (χ4n) is 1.13. The zero-order chi connectivity index (χ0) is 10.9. The highest BCUT2D eigenvalue weighted by atomic mass is 16.1. The maximum absolute atomic E-state index is 11.3. The van der Waals surface area contributed by atoms with Gasteiger partial charge in [-0.3, -0.25) is 4.79 Å². The monoisotopic (exact) mass is 207 g/mol. The van der Waals surface area contributed by atoms with E-state index in [2.05, 4.69) is 16.0 Å². The molecule has 82 valence electrons. The molecule has 4 heteroatoms. The number of hydrogen-bond donors (Lipinski definition) is 3. The smallest absolute Gasteiger partial charge is 0.239 e. The van der Waals surface area contributed by atoms with Crippen molar-refractivity contribution >= 4 is 11.6 Å². The number of hydrogen-bond acceptors (Lipinski definition) is 3. The Bertz CT molecular complexity index is 287. The predicted molar refractivity (Wildman–Crippen MR) is 61.9 cm³/mol. The topological polar surface area (TPSA) is 53.2 Å². The van der Waals surface area contributed by atoms with Gasteiger partial charge in [0.2, 0.25) is 5.91 Å². The Morgan fingerprint density at radius 1 is 1.20 bits per heavy atom. The van der Waals surface area contributed by atoms with E-state index in [-0.39, 0.29) is 5.91 Å². The molecule has 0 aliphatic heterocycles. The number of carbonyl (C=O) groups is 1. The van der Waals surface area contributed by atoms with Crippen molar-refractivity contribution in [2.75, 3.05) is 32.0 Å². The lowest BCUT2D eigenvalue weighted by Gasteiger charge is -2.07. The minimum Gasteiger partial charge on any atom is -0.376 e. The second-order valence-corrected chi connectivity index (χ2v) is 3.17. The number of likely N-dealkylation sites (N-methyl/N-ethyl adjacent to an activating group) is 1. The summed E-state index contributed by atoms with van der Waals surface area (Å²) in [5, 5.41) is 8.79. The standard InChI is InChI=1S/C11H17N3O/c1-12-7-8-13-11(15)9-14-10-5-3-2-4-6-10/h2-6,12,14H,7-9H2,1H3,(H,13,15). The van der Waals surface area contributed by atoms with Crippen molar-refractivity contribution in [2.24, 2.45) is 0 Å². The van der Waals surface area contributed by atoms with Crippen molar-refractivity contribution in [2.45, 2.75) is 0 Å². The van der Waals surface area contributed by atoms with E-state index in [0.717, 1.165) is 12.2 Å². The highest BCUT2D eigenvalue weighted by molar-refractivity contribution is 5.80. The van der Waals surface area contributed by atoms with Gasteiger partial charge in [0.15, 0.2) is 0 Å². The maximum atomic E-state index is 11.3. The summed E-state index contributed by atoms with van der Waals surface area (Å²) >= 11 is 0. The van der Waals surface area contributed by atoms with E-state index in [0.29, 0.717) is 13.1 Å². The predicted octanol–water partition coefficient (Wildman–Crippen LogP) is 0.434. The zero-order valence-electron chi connectivity index (χ0n) is 8.92. The van der Waals surface area contributed by atoms with Crippen LogP contribution in [0.2, 0.25) is 0 Å². The van der Waals surface area contributed by atoms with E-state index < -0.39 is 0 Å². The van der Waals surface area contributed by atoms with Gasteiger partial charge in [-0.25, -0.2) is 0 Å². The van der Waals surface area contributed by atoms with Crippen molar-refractivity contribution in [1.29, 1.82) is 0 Å². The minimum atomic E-state index is 0.00843. The van der Waals surface area contributed by atoms with Crippen LogP contribution < -0.4 is 16.0 Å². The van der Waals surface area contributed by atoms with E-state index in [9.17, 15) is 4.79 Å². The van der Waals surface area contributed by atoms with Crippen molar-refractivity contribution in [3.63, 3.8) is 0 Å². The Labute approximate surface area is 90.1 Å². The van der Waals surface area contributed by atoms with Crippen LogP contribution in [0.5, 0.6) is 0 Å². The average molecular weight is 207 g/mol. The molecule has 0 bridgehead atoms. The Morgan fingerprint density at radius 3 is 2.60 bits per heavy atom. The third-order valence-corrected chi connectivity index (χ3v) is 1.92. The fourth-order valence-corrected chi connectivity index (χ4v) is 1.13. The molecule has 0 radical (unpaired) electrons. The average Bonchev–Trinajstić information content (AvgIpc) is 2.28. The Balaban J connectivity index is 2.17. The molecule has 0 heterocycles. The molecule has 1 aromatic rings. The molecular formula is C11H17N3O. The number of nitrogens with one attached hydrogen (secondary N) is 3. The van der Waals surface area contributed by atoms with Crippen LogP contribution in [0.15, 0.2) is 30.3 Å². The van der Waals surface area contributed by atoms with Gasteiger partial charge in [0.05, 0.1) is 6.54 Å². The third kappa shape index (κ3) is 5.02. The Hall–Kier alpha value is -1.55. The molecule has 1 amide bonds. The molecule has 0 aliphatic carbocycles. The van der Waals surface area contributed by atoms with Gasteiger partial charge < -0.3 is 16.0 Å². The van der Waals surface area contributed by atoms with Crippen LogP contribution >= 0.6 is 0 Å². The molecule has 1 aromatic carbocycles. The van der Waals surface area contributed by atoms with Gasteiger partial charge in [-0.2, -0.15) is 0 Å². The second kappa shape index (κ2) is 6.84. The van der Waals surface area contributed by atoms with Gasteiger partial charge >= 0.3 is 0 Å². The highest BCUT2D eigenvalue weighted by Crippen LogP contribution is 2.03. The van der Waals surface area contributed by atoms with Gasteiger partial charge in [-0.1, -0.05) is 18.2 Å². The molecule has 0 aliphatic rings. The summed E-state index contributed by atoms with van der Waals surface area (Å²) in [6.45, 7) is 1.76. The summed E-state index contributed by atoms with van der Waals surface area (Å²) in [5.74, 6) is 0.00843. The summed E-state index contributed by atoms with van der Waals surface area (Å²) < 4.78 is 0. The molecule has 15 heavy (non-hydrogen) atoms. The number of anilines is 1. The second-order valence-electron chi connectivity index (χ2n) is 3.17. The van der Waals surface area contributed by atoms with Gasteiger partial charge in [0.1, 0.15) is 0 Å². The van der Waals surface area contributed by atoms with Crippen LogP contribution in [0.1, 0.15) is 0 Å². The molecule has 0 atom stereocenters. The molecule has 0 aromatic heterocycles. The summed E-state index contributed by atoms with van der Waals surface area (Å²) in [4.78, 5) is 11.3. The summed E-state index contributed by atoms with van der Waals surface area (Å²) in [6, 6.07) is 9.67. The van der Waals surface area contributed by atoms with Crippen molar-refractivity contribution in [3.8, 4) is 0 Å². The van der Waals surface area contributed by atoms with Crippen LogP contribution in [0.25, 0.3) is 0 Å². The van der Waals surface area contributed by atoms with Crippen LogP contribution in [0, 0.1) is 0 Å². The van der Waals surface area contributed by atoms with Gasteiger partial charge in [-0.05, 0) is 19.2 Å². The molecule has 0 fully saturated rings. The number of carbonyl (C=O) groups excluding carboxylic acids is 1.